The fraction of sp³-hybridized carbons (Fsp3) is 0.654. The Labute approximate surface area is 203 Å². The number of hydrogen-bond donors (Lipinski definition) is 3. The molecule has 188 valence electrons. The molecule has 0 bridgehead atoms. The molecule has 0 spiro atoms. The summed E-state index contributed by atoms with van der Waals surface area (Å²) in [6.45, 7) is 10.1. The lowest BCUT2D eigenvalue weighted by Crippen LogP contribution is -2.23. The number of allylic oxidation sites excluding steroid dienone is 2. The van der Waals surface area contributed by atoms with Crippen molar-refractivity contribution in [2.45, 2.75) is 90.8 Å². The van der Waals surface area contributed by atoms with Crippen molar-refractivity contribution in [1.29, 1.82) is 0 Å². The molecule has 2 atom stereocenters. The largest absolute Gasteiger partial charge is 0.460 e. The lowest BCUT2D eigenvalue weighted by molar-refractivity contribution is 0.164. The van der Waals surface area contributed by atoms with Gasteiger partial charge in [0.05, 0.1) is 12.3 Å². The molecule has 2 aromatic rings. The Kier molecular flexibility index (Phi) is 9.89. The molecule has 8 heteroatoms. The smallest absolute Gasteiger partial charge is 0.322 e. The number of fused-ring (bicyclic) bond motifs is 1. The molecule has 0 saturated carbocycles. The van der Waals surface area contributed by atoms with Crippen molar-refractivity contribution in [3.63, 3.8) is 0 Å². The van der Waals surface area contributed by atoms with E-state index in [9.17, 15) is 5.11 Å². The van der Waals surface area contributed by atoms with Crippen molar-refractivity contribution in [2.24, 2.45) is 0 Å². The Hall–Kier alpha value is -2.45. The van der Waals surface area contributed by atoms with Gasteiger partial charge in [-0.1, -0.05) is 51.8 Å². The highest BCUT2D eigenvalue weighted by Crippen LogP contribution is 2.25. The molecule has 3 N–H and O–H groups in total. The number of aromatic nitrogens is 4. The first-order chi connectivity index (χ1) is 16.4. The van der Waals surface area contributed by atoms with Gasteiger partial charge < -0.3 is 20.5 Å². The van der Waals surface area contributed by atoms with Crippen LogP contribution in [0.15, 0.2) is 29.5 Å². The minimum atomic E-state index is -0.269. The summed E-state index contributed by atoms with van der Waals surface area (Å²) in [5, 5.41) is 21.4. The standard InChI is InChI=1S/C26H42N6O2/c1-6-9-21(33)15-19-10-8-11-20(14-19)16-28-25-31-26(34-22(7-2)12-13-27-5)30-24-23(18(3)4)17-29-32(24)25/h10,14,17-18,21-22,27,33H,6-9,11-13,15-16H2,1-5H3,(H,28,30,31). The number of ether oxygens (including phenoxy) is 1. The molecular formula is C26H42N6O2. The van der Waals surface area contributed by atoms with Gasteiger partial charge in [0, 0.05) is 12.1 Å². The van der Waals surface area contributed by atoms with E-state index in [1.54, 1.807) is 4.52 Å². The van der Waals surface area contributed by atoms with E-state index in [0.29, 0.717) is 24.4 Å². The van der Waals surface area contributed by atoms with Gasteiger partial charge in [0.2, 0.25) is 5.95 Å². The molecule has 0 aromatic carbocycles. The highest BCUT2D eigenvalue weighted by Gasteiger charge is 2.18. The third-order valence-electron chi connectivity index (χ3n) is 6.27. The fourth-order valence-corrected chi connectivity index (χ4v) is 4.27. The lowest BCUT2D eigenvalue weighted by atomic mass is 9.94. The van der Waals surface area contributed by atoms with E-state index >= 15 is 0 Å². The summed E-state index contributed by atoms with van der Waals surface area (Å²) in [6.07, 6.45) is 12.5. The second kappa shape index (κ2) is 12.9. The molecule has 0 aliphatic heterocycles. The van der Waals surface area contributed by atoms with Crippen LogP contribution in [0.4, 0.5) is 5.95 Å². The van der Waals surface area contributed by atoms with Gasteiger partial charge in [0.1, 0.15) is 6.10 Å². The molecule has 0 saturated heterocycles. The van der Waals surface area contributed by atoms with E-state index in [2.05, 4.69) is 55.6 Å². The van der Waals surface area contributed by atoms with E-state index in [1.165, 1.54) is 11.1 Å². The molecule has 8 nitrogen and oxygen atoms in total. The van der Waals surface area contributed by atoms with Crippen molar-refractivity contribution >= 4 is 11.6 Å². The predicted molar refractivity (Wildman–Crippen MR) is 138 cm³/mol. The van der Waals surface area contributed by atoms with Crippen LogP contribution >= 0.6 is 0 Å². The summed E-state index contributed by atoms with van der Waals surface area (Å²) >= 11 is 0. The molecule has 34 heavy (non-hydrogen) atoms. The molecule has 0 amide bonds. The van der Waals surface area contributed by atoms with Crippen LogP contribution in [0, 0.1) is 0 Å². The van der Waals surface area contributed by atoms with Crippen molar-refractivity contribution < 1.29 is 9.84 Å². The number of aliphatic hydroxyl groups excluding tert-OH is 1. The maximum Gasteiger partial charge on any atom is 0.322 e. The third-order valence-corrected chi connectivity index (χ3v) is 6.27. The number of rotatable bonds is 14. The minimum absolute atomic E-state index is 0.0523. The zero-order valence-electron chi connectivity index (χ0n) is 21.5. The van der Waals surface area contributed by atoms with Gasteiger partial charge in [-0.15, -0.1) is 0 Å². The van der Waals surface area contributed by atoms with E-state index in [1.807, 2.05) is 13.2 Å². The number of nitrogens with zero attached hydrogens (tertiary/aromatic N) is 4. The second-order valence-corrected chi connectivity index (χ2v) is 9.48. The molecular weight excluding hydrogens is 428 g/mol. The Bertz CT molecular complexity index is 981. The Morgan fingerprint density at radius 2 is 2.03 bits per heavy atom. The van der Waals surface area contributed by atoms with Crippen LogP contribution in [0.25, 0.3) is 5.65 Å². The average molecular weight is 471 g/mol. The van der Waals surface area contributed by atoms with Crippen LogP contribution in [0.5, 0.6) is 6.01 Å². The summed E-state index contributed by atoms with van der Waals surface area (Å²) in [7, 11) is 1.95. The topological polar surface area (TPSA) is 96.6 Å². The van der Waals surface area contributed by atoms with Crippen LogP contribution in [-0.4, -0.2) is 57.0 Å². The minimum Gasteiger partial charge on any atom is -0.460 e. The highest BCUT2D eigenvalue weighted by atomic mass is 16.5. The Balaban J connectivity index is 1.80. The van der Waals surface area contributed by atoms with Gasteiger partial charge in [0.25, 0.3) is 0 Å². The van der Waals surface area contributed by atoms with Gasteiger partial charge >= 0.3 is 6.01 Å². The number of hydrogen-bond acceptors (Lipinski definition) is 7. The molecule has 2 aromatic heterocycles. The van der Waals surface area contributed by atoms with Gasteiger partial charge in [-0.2, -0.15) is 19.6 Å². The molecule has 1 aliphatic carbocycles. The summed E-state index contributed by atoms with van der Waals surface area (Å²) < 4.78 is 7.98. The summed E-state index contributed by atoms with van der Waals surface area (Å²) in [4.78, 5) is 9.42. The molecule has 0 fully saturated rings. The maximum atomic E-state index is 10.2. The summed E-state index contributed by atoms with van der Waals surface area (Å²) in [6, 6.07) is 0.390. The average Bonchev–Trinajstić information content (AvgIpc) is 3.25. The summed E-state index contributed by atoms with van der Waals surface area (Å²) in [5.74, 6) is 0.932. The second-order valence-electron chi connectivity index (χ2n) is 9.48. The summed E-state index contributed by atoms with van der Waals surface area (Å²) in [5.41, 5.74) is 4.38. The van der Waals surface area contributed by atoms with E-state index < -0.39 is 0 Å². The van der Waals surface area contributed by atoms with Crippen LogP contribution < -0.4 is 15.4 Å². The normalized spacial score (nSPS) is 15.9. The predicted octanol–water partition coefficient (Wildman–Crippen LogP) is 4.62. The first-order valence-electron chi connectivity index (χ1n) is 12.8. The van der Waals surface area contributed by atoms with Gasteiger partial charge in [0.15, 0.2) is 5.65 Å². The van der Waals surface area contributed by atoms with Crippen LogP contribution in [0.1, 0.15) is 84.1 Å². The first-order valence-corrected chi connectivity index (χ1v) is 12.8. The van der Waals surface area contributed by atoms with Crippen molar-refractivity contribution in [3.8, 4) is 6.01 Å². The van der Waals surface area contributed by atoms with Gasteiger partial charge in [-0.25, -0.2) is 0 Å². The lowest BCUT2D eigenvalue weighted by Gasteiger charge is -2.19. The monoisotopic (exact) mass is 470 g/mol. The van der Waals surface area contributed by atoms with E-state index in [4.69, 9.17) is 14.7 Å². The highest BCUT2D eigenvalue weighted by molar-refractivity contribution is 5.53. The SMILES string of the molecule is CCCC(O)CC1=CCCC(CNc2nc(OC(CC)CCNC)nc3c(C(C)C)cnn23)=C1. The third kappa shape index (κ3) is 7.03. The van der Waals surface area contributed by atoms with Gasteiger partial charge in [-0.05, 0) is 63.6 Å². The maximum absolute atomic E-state index is 10.2. The Morgan fingerprint density at radius 3 is 2.74 bits per heavy atom. The fourth-order valence-electron chi connectivity index (χ4n) is 4.27. The zero-order chi connectivity index (χ0) is 24.5. The molecule has 3 rings (SSSR count). The van der Waals surface area contributed by atoms with Gasteiger partial charge in [-0.3, -0.25) is 0 Å². The number of anilines is 1. The number of nitrogens with one attached hydrogen (secondary N) is 2. The molecule has 2 unspecified atom stereocenters. The van der Waals surface area contributed by atoms with Crippen molar-refractivity contribution in [3.05, 3.63) is 35.1 Å². The van der Waals surface area contributed by atoms with E-state index in [-0.39, 0.29) is 12.2 Å². The van der Waals surface area contributed by atoms with Crippen molar-refractivity contribution in [2.75, 3.05) is 25.5 Å². The van der Waals surface area contributed by atoms with Crippen LogP contribution in [0.2, 0.25) is 0 Å². The van der Waals surface area contributed by atoms with Crippen LogP contribution in [-0.2, 0) is 0 Å². The molecule has 0 radical (unpaired) electrons. The zero-order valence-corrected chi connectivity index (χ0v) is 21.5. The first kappa shape index (κ1) is 26.2. The molecule has 2 heterocycles. The van der Waals surface area contributed by atoms with E-state index in [0.717, 1.165) is 62.7 Å². The number of aliphatic hydroxyl groups is 1. The van der Waals surface area contributed by atoms with Crippen LogP contribution in [0.3, 0.4) is 0 Å². The quantitative estimate of drug-likeness (QED) is 0.370. The Morgan fingerprint density at radius 1 is 1.21 bits per heavy atom. The molecule has 1 aliphatic rings. The van der Waals surface area contributed by atoms with Crippen molar-refractivity contribution in [1.82, 2.24) is 24.9 Å².